The zero-order chi connectivity index (χ0) is 9.26. The van der Waals surface area contributed by atoms with Gasteiger partial charge in [-0.15, -0.1) is 0 Å². The van der Waals surface area contributed by atoms with E-state index in [9.17, 15) is 0 Å². The second-order valence-corrected chi connectivity index (χ2v) is 3.75. The Morgan fingerprint density at radius 2 is 2.08 bits per heavy atom. The molecule has 0 heterocycles. The van der Waals surface area contributed by atoms with Crippen molar-refractivity contribution in [2.75, 3.05) is 13.6 Å². The van der Waals surface area contributed by atoms with Crippen molar-refractivity contribution < 1.29 is 5.11 Å². The van der Waals surface area contributed by atoms with Gasteiger partial charge in [0.05, 0.1) is 0 Å². The van der Waals surface area contributed by atoms with Gasteiger partial charge in [0.1, 0.15) is 5.75 Å². The van der Waals surface area contributed by atoms with Crippen LogP contribution in [0.3, 0.4) is 0 Å². The van der Waals surface area contributed by atoms with Gasteiger partial charge in [0.2, 0.25) is 0 Å². The van der Waals surface area contributed by atoms with E-state index < -0.39 is 0 Å². The molecule has 2 nitrogen and oxygen atoms in total. The van der Waals surface area contributed by atoms with E-state index >= 15 is 0 Å². The highest BCUT2D eigenvalue weighted by atomic mass is 16.3. The van der Waals surface area contributed by atoms with Gasteiger partial charge in [0, 0.05) is 0 Å². The van der Waals surface area contributed by atoms with Gasteiger partial charge in [-0.05, 0) is 49.5 Å². The topological polar surface area (TPSA) is 32.3 Å². The molecule has 1 aromatic carbocycles. The van der Waals surface area contributed by atoms with E-state index in [1.807, 2.05) is 19.2 Å². The average Bonchev–Trinajstić information content (AvgIpc) is 2.86. The molecule has 0 bridgehead atoms. The molecule has 0 spiro atoms. The lowest BCUT2D eigenvalue weighted by Gasteiger charge is -2.00. The summed E-state index contributed by atoms with van der Waals surface area (Å²) in [5.74, 6) is 1.87. The largest absolute Gasteiger partial charge is 0.508 e. The molecular weight excluding hydrogens is 162 g/mol. The van der Waals surface area contributed by atoms with E-state index in [4.69, 9.17) is 5.11 Å². The second kappa shape index (κ2) is 3.38. The number of phenols is 1. The molecule has 1 saturated carbocycles. The van der Waals surface area contributed by atoms with Crippen LogP contribution >= 0.6 is 0 Å². The molecule has 2 N–H and O–H groups in total. The maximum atomic E-state index is 9.12. The van der Waals surface area contributed by atoms with Crippen LogP contribution in [0.4, 0.5) is 0 Å². The summed E-state index contributed by atoms with van der Waals surface area (Å²) in [7, 11) is 1.99. The molecule has 1 aliphatic rings. The van der Waals surface area contributed by atoms with Gasteiger partial charge in [-0.1, -0.05) is 12.1 Å². The smallest absolute Gasteiger partial charge is 0.115 e. The lowest BCUT2D eigenvalue weighted by atomic mass is 10.1. The predicted molar refractivity (Wildman–Crippen MR) is 52.9 cm³/mol. The minimum atomic E-state index is 0.356. The first-order valence-electron chi connectivity index (χ1n) is 4.75. The molecule has 2 atom stereocenters. The summed E-state index contributed by atoms with van der Waals surface area (Å²) in [5.41, 5.74) is 1.36. The van der Waals surface area contributed by atoms with E-state index in [0.29, 0.717) is 11.7 Å². The Labute approximate surface area is 78.6 Å². The van der Waals surface area contributed by atoms with Crippen molar-refractivity contribution in [3.8, 4) is 5.75 Å². The number of hydrogen-bond acceptors (Lipinski definition) is 2. The van der Waals surface area contributed by atoms with E-state index in [0.717, 1.165) is 12.5 Å². The molecular formula is C11H15NO. The summed E-state index contributed by atoms with van der Waals surface area (Å²) in [6.07, 6.45) is 1.28. The highest BCUT2D eigenvalue weighted by Gasteiger charge is 2.37. The summed E-state index contributed by atoms with van der Waals surface area (Å²) in [6, 6.07) is 7.58. The molecule has 2 rings (SSSR count). The normalized spacial score (nSPS) is 25.9. The molecule has 13 heavy (non-hydrogen) atoms. The van der Waals surface area contributed by atoms with E-state index in [-0.39, 0.29) is 0 Å². The molecule has 0 amide bonds. The molecule has 70 valence electrons. The highest BCUT2D eigenvalue weighted by Crippen LogP contribution is 2.46. The highest BCUT2D eigenvalue weighted by molar-refractivity contribution is 5.31. The first-order chi connectivity index (χ1) is 6.31. The Bertz CT molecular complexity index is 281. The van der Waals surface area contributed by atoms with Crippen molar-refractivity contribution in [1.82, 2.24) is 5.32 Å². The number of phenolic OH excluding ortho intramolecular Hbond substituents is 1. The van der Waals surface area contributed by atoms with Gasteiger partial charge >= 0.3 is 0 Å². The molecule has 0 saturated heterocycles. The number of rotatable bonds is 3. The van der Waals surface area contributed by atoms with Crippen molar-refractivity contribution in [1.29, 1.82) is 0 Å². The van der Waals surface area contributed by atoms with Crippen LogP contribution in [0.1, 0.15) is 17.9 Å². The van der Waals surface area contributed by atoms with Crippen molar-refractivity contribution >= 4 is 0 Å². The fourth-order valence-corrected chi connectivity index (χ4v) is 1.87. The Morgan fingerprint density at radius 3 is 2.69 bits per heavy atom. The summed E-state index contributed by atoms with van der Waals surface area (Å²) in [5, 5.41) is 12.3. The third kappa shape index (κ3) is 1.83. The van der Waals surface area contributed by atoms with Crippen molar-refractivity contribution in [3.05, 3.63) is 29.8 Å². The van der Waals surface area contributed by atoms with E-state index in [1.165, 1.54) is 12.0 Å². The lowest BCUT2D eigenvalue weighted by molar-refractivity contribution is 0.475. The van der Waals surface area contributed by atoms with Gasteiger partial charge in [-0.2, -0.15) is 0 Å². The quantitative estimate of drug-likeness (QED) is 0.736. The lowest BCUT2D eigenvalue weighted by Crippen LogP contribution is -2.10. The van der Waals surface area contributed by atoms with Crippen LogP contribution in [0.5, 0.6) is 5.75 Å². The first kappa shape index (κ1) is 8.57. The van der Waals surface area contributed by atoms with Crippen LogP contribution in [0.15, 0.2) is 24.3 Å². The Hall–Kier alpha value is -1.02. The summed E-state index contributed by atoms with van der Waals surface area (Å²) in [4.78, 5) is 0. The monoisotopic (exact) mass is 177 g/mol. The predicted octanol–water partition coefficient (Wildman–Crippen LogP) is 1.72. The van der Waals surface area contributed by atoms with Gasteiger partial charge in [0.25, 0.3) is 0 Å². The van der Waals surface area contributed by atoms with Crippen LogP contribution in [0.2, 0.25) is 0 Å². The minimum Gasteiger partial charge on any atom is -0.508 e. The number of aromatic hydroxyl groups is 1. The van der Waals surface area contributed by atoms with Gasteiger partial charge in [-0.3, -0.25) is 0 Å². The SMILES string of the molecule is CNCC1CC1c1ccc(O)cc1. The van der Waals surface area contributed by atoms with Crippen molar-refractivity contribution in [2.24, 2.45) is 5.92 Å². The van der Waals surface area contributed by atoms with E-state index in [1.54, 1.807) is 12.1 Å². The molecule has 1 aliphatic carbocycles. The average molecular weight is 177 g/mol. The summed E-state index contributed by atoms with van der Waals surface area (Å²) >= 11 is 0. The third-order valence-electron chi connectivity index (χ3n) is 2.71. The molecule has 0 radical (unpaired) electrons. The Morgan fingerprint density at radius 1 is 1.38 bits per heavy atom. The van der Waals surface area contributed by atoms with Crippen molar-refractivity contribution in [3.63, 3.8) is 0 Å². The molecule has 1 aromatic rings. The van der Waals surface area contributed by atoms with Crippen LogP contribution in [0, 0.1) is 5.92 Å². The van der Waals surface area contributed by atoms with Gasteiger partial charge in [0.15, 0.2) is 0 Å². The van der Waals surface area contributed by atoms with Gasteiger partial charge < -0.3 is 10.4 Å². The second-order valence-electron chi connectivity index (χ2n) is 3.75. The van der Waals surface area contributed by atoms with Crippen LogP contribution in [-0.4, -0.2) is 18.7 Å². The number of nitrogens with one attached hydrogen (secondary N) is 1. The summed E-state index contributed by atoms with van der Waals surface area (Å²) in [6.45, 7) is 1.10. The maximum absolute atomic E-state index is 9.12. The number of hydrogen-bond donors (Lipinski definition) is 2. The molecule has 0 aliphatic heterocycles. The van der Waals surface area contributed by atoms with Crippen LogP contribution in [0.25, 0.3) is 0 Å². The van der Waals surface area contributed by atoms with Crippen LogP contribution < -0.4 is 5.32 Å². The fourth-order valence-electron chi connectivity index (χ4n) is 1.87. The zero-order valence-electron chi connectivity index (χ0n) is 7.83. The van der Waals surface area contributed by atoms with Crippen LogP contribution in [-0.2, 0) is 0 Å². The molecule has 0 aromatic heterocycles. The number of benzene rings is 1. The Kier molecular flexibility index (Phi) is 2.23. The Balaban J connectivity index is 2.00. The van der Waals surface area contributed by atoms with Gasteiger partial charge in [-0.25, -0.2) is 0 Å². The molecule has 2 unspecified atom stereocenters. The standard InChI is InChI=1S/C11H15NO/c1-12-7-9-6-11(9)8-2-4-10(13)5-3-8/h2-5,9,11-13H,6-7H2,1H3. The zero-order valence-corrected chi connectivity index (χ0v) is 7.83. The summed E-state index contributed by atoms with van der Waals surface area (Å²) < 4.78 is 0. The molecule has 1 fully saturated rings. The van der Waals surface area contributed by atoms with Crippen molar-refractivity contribution in [2.45, 2.75) is 12.3 Å². The maximum Gasteiger partial charge on any atom is 0.115 e. The minimum absolute atomic E-state index is 0.356. The van der Waals surface area contributed by atoms with E-state index in [2.05, 4.69) is 5.32 Å². The third-order valence-corrected chi connectivity index (χ3v) is 2.71. The first-order valence-corrected chi connectivity index (χ1v) is 4.75. The fraction of sp³-hybridized carbons (Fsp3) is 0.455. The molecule has 2 heteroatoms.